The van der Waals surface area contributed by atoms with Crippen molar-refractivity contribution in [1.29, 1.82) is 0 Å². The van der Waals surface area contributed by atoms with E-state index in [0.29, 0.717) is 5.75 Å². The molecule has 0 radical (unpaired) electrons. The van der Waals surface area contributed by atoms with E-state index in [9.17, 15) is 12.9 Å². The first-order chi connectivity index (χ1) is 9.49. The van der Waals surface area contributed by atoms with Gasteiger partial charge in [-0.2, -0.15) is 0 Å². The van der Waals surface area contributed by atoms with Crippen LogP contribution in [0.5, 0.6) is 11.5 Å². The SMILES string of the molecule is COc1cccc(COc2cncc([B-](F)(F)F)c2)c1.[K+]. The van der Waals surface area contributed by atoms with Crippen LogP contribution in [0.4, 0.5) is 12.9 Å². The number of benzene rings is 1. The van der Waals surface area contributed by atoms with Gasteiger partial charge in [0.2, 0.25) is 0 Å². The zero-order chi connectivity index (χ0) is 14.6. The second kappa shape index (κ2) is 8.19. The van der Waals surface area contributed by atoms with Gasteiger partial charge in [-0.15, -0.1) is 0 Å². The van der Waals surface area contributed by atoms with Gasteiger partial charge in [-0.25, -0.2) is 0 Å². The van der Waals surface area contributed by atoms with Crippen LogP contribution in [0, 0.1) is 0 Å². The van der Waals surface area contributed by atoms with Crippen molar-refractivity contribution >= 4 is 12.4 Å². The summed E-state index contributed by atoms with van der Waals surface area (Å²) in [6.07, 6.45) is 2.05. The van der Waals surface area contributed by atoms with Crippen molar-refractivity contribution in [3.63, 3.8) is 0 Å². The first-order valence-electron chi connectivity index (χ1n) is 5.89. The minimum Gasteiger partial charge on any atom is -0.497 e. The van der Waals surface area contributed by atoms with E-state index in [0.717, 1.165) is 17.8 Å². The van der Waals surface area contributed by atoms with E-state index in [4.69, 9.17) is 9.47 Å². The van der Waals surface area contributed by atoms with Crippen molar-refractivity contribution < 1.29 is 73.8 Å². The molecule has 21 heavy (non-hydrogen) atoms. The van der Waals surface area contributed by atoms with Crippen LogP contribution >= 0.6 is 0 Å². The maximum atomic E-state index is 12.6. The van der Waals surface area contributed by atoms with Crippen molar-refractivity contribution in [3.05, 3.63) is 48.3 Å². The number of methoxy groups -OCH3 is 1. The molecular formula is C13H12BF3KNO2. The van der Waals surface area contributed by atoms with Crippen molar-refractivity contribution in [3.8, 4) is 11.5 Å². The average molecular weight is 321 g/mol. The molecule has 0 bridgehead atoms. The number of halogens is 3. The second-order valence-electron chi connectivity index (χ2n) is 4.17. The number of nitrogens with zero attached hydrogens (tertiary/aromatic N) is 1. The standard InChI is InChI=1S/C13H12BF3NO2.K/c1-19-12-4-2-3-10(5-12)9-20-13-6-11(7-18-8-13)14(15,16)17;/h2-8H,9H2,1H3;/q-1;+1. The van der Waals surface area contributed by atoms with Crippen LogP contribution in [0.1, 0.15) is 5.56 Å². The number of pyridine rings is 1. The molecule has 3 nitrogen and oxygen atoms in total. The Hall–Kier alpha value is -0.539. The molecule has 0 aliphatic carbocycles. The summed E-state index contributed by atoms with van der Waals surface area (Å²) in [6, 6.07) is 8.06. The smallest absolute Gasteiger partial charge is 0.497 e. The maximum Gasteiger partial charge on any atom is 1.00 e. The van der Waals surface area contributed by atoms with Crippen LogP contribution in [0.3, 0.4) is 0 Å². The minimum absolute atomic E-state index is 0. The monoisotopic (exact) mass is 321 g/mol. The quantitative estimate of drug-likeness (QED) is 0.711. The molecule has 0 saturated carbocycles. The van der Waals surface area contributed by atoms with Crippen LogP contribution in [0.15, 0.2) is 42.7 Å². The average Bonchev–Trinajstić information content (AvgIpc) is 2.45. The summed E-state index contributed by atoms with van der Waals surface area (Å²) < 4.78 is 48.1. The molecule has 0 saturated heterocycles. The van der Waals surface area contributed by atoms with Gasteiger partial charge in [-0.05, 0) is 23.8 Å². The molecule has 8 heteroatoms. The van der Waals surface area contributed by atoms with E-state index in [1.165, 1.54) is 6.20 Å². The molecule has 0 fully saturated rings. The van der Waals surface area contributed by atoms with Crippen molar-refractivity contribution in [2.24, 2.45) is 0 Å². The van der Waals surface area contributed by atoms with Gasteiger partial charge in [-0.1, -0.05) is 17.6 Å². The van der Waals surface area contributed by atoms with Crippen molar-refractivity contribution in [2.75, 3.05) is 7.11 Å². The predicted octanol–water partition coefficient (Wildman–Crippen LogP) is -0.272. The molecule has 0 aliphatic heterocycles. The van der Waals surface area contributed by atoms with Gasteiger partial charge in [0.05, 0.1) is 13.3 Å². The fourth-order valence-electron chi connectivity index (χ4n) is 1.62. The Bertz CT molecular complexity index is 596. The van der Waals surface area contributed by atoms with Crippen LogP contribution in [0.25, 0.3) is 0 Å². The summed E-state index contributed by atoms with van der Waals surface area (Å²) in [6.45, 7) is -4.92. The largest absolute Gasteiger partial charge is 1.00 e. The summed E-state index contributed by atoms with van der Waals surface area (Å²) in [7, 11) is 1.54. The topological polar surface area (TPSA) is 31.4 Å². The minimum atomic E-state index is -5.07. The van der Waals surface area contributed by atoms with Crippen LogP contribution in [-0.2, 0) is 6.61 Å². The number of hydrogen-bond acceptors (Lipinski definition) is 3. The molecule has 0 amide bonds. The molecule has 106 valence electrons. The second-order valence-corrected chi connectivity index (χ2v) is 4.17. The molecule has 1 aromatic carbocycles. The zero-order valence-corrected chi connectivity index (χ0v) is 14.8. The molecular weight excluding hydrogens is 309 g/mol. The van der Waals surface area contributed by atoms with Gasteiger partial charge in [0.15, 0.2) is 0 Å². The Morgan fingerprint density at radius 2 is 1.86 bits per heavy atom. The third kappa shape index (κ3) is 5.63. The van der Waals surface area contributed by atoms with Crippen LogP contribution in [-0.4, -0.2) is 19.1 Å². The van der Waals surface area contributed by atoms with E-state index < -0.39 is 12.4 Å². The Balaban J connectivity index is 0.00000220. The number of aromatic nitrogens is 1. The summed E-state index contributed by atoms with van der Waals surface area (Å²) >= 11 is 0. The first kappa shape index (κ1) is 18.5. The van der Waals surface area contributed by atoms with Gasteiger partial charge in [-0.3, -0.25) is 4.98 Å². The van der Waals surface area contributed by atoms with Crippen molar-refractivity contribution in [1.82, 2.24) is 4.98 Å². The molecule has 1 heterocycles. The van der Waals surface area contributed by atoms with Gasteiger partial charge in [0, 0.05) is 6.20 Å². The van der Waals surface area contributed by atoms with E-state index >= 15 is 0 Å². The summed E-state index contributed by atoms with van der Waals surface area (Å²) in [5, 5.41) is 0. The number of rotatable bonds is 5. The van der Waals surface area contributed by atoms with Crippen LogP contribution < -0.4 is 66.3 Å². The molecule has 2 aromatic rings. The number of ether oxygens (including phenoxy) is 2. The summed E-state index contributed by atoms with van der Waals surface area (Å²) in [4.78, 5) is 3.54. The Kier molecular flexibility index (Phi) is 7.22. The molecule has 1 aromatic heterocycles. The third-order valence-corrected chi connectivity index (χ3v) is 2.65. The van der Waals surface area contributed by atoms with E-state index in [2.05, 4.69) is 4.98 Å². The van der Waals surface area contributed by atoms with Gasteiger partial charge in [0.1, 0.15) is 18.1 Å². The summed E-state index contributed by atoms with van der Waals surface area (Å²) in [5.41, 5.74) is 0.0282. The normalized spacial score (nSPS) is 10.7. The van der Waals surface area contributed by atoms with E-state index in [1.54, 1.807) is 31.4 Å². The van der Waals surface area contributed by atoms with Gasteiger partial charge >= 0.3 is 58.4 Å². The molecule has 2 rings (SSSR count). The Morgan fingerprint density at radius 3 is 2.52 bits per heavy atom. The Morgan fingerprint density at radius 1 is 1.10 bits per heavy atom. The van der Waals surface area contributed by atoms with Gasteiger partial charge < -0.3 is 22.4 Å². The molecule has 0 atom stereocenters. The molecule has 0 unspecified atom stereocenters. The first-order valence-corrected chi connectivity index (χ1v) is 5.89. The molecule has 0 spiro atoms. The summed E-state index contributed by atoms with van der Waals surface area (Å²) in [5.74, 6) is 0.751. The molecule has 0 aliphatic rings. The third-order valence-electron chi connectivity index (χ3n) is 2.65. The maximum absolute atomic E-state index is 12.6. The van der Waals surface area contributed by atoms with Crippen LogP contribution in [0.2, 0.25) is 0 Å². The van der Waals surface area contributed by atoms with E-state index in [-0.39, 0.29) is 63.7 Å². The number of hydrogen-bond donors (Lipinski definition) is 0. The zero-order valence-electron chi connectivity index (χ0n) is 11.7. The predicted molar refractivity (Wildman–Crippen MR) is 70.3 cm³/mol. The van der Waals surface area contributed by atoms with E-state index in [1.807, 2.05) is 0 Å². The van der Waals surface area contributed by atoms with Gasteiger partial charge in [0.25, 0.3) is 0 Å². The fraction of sp³-hybridized carbons (Fsp3) is 0.154. The van der Waals surface area contributed by atoms with Crippen molar-refractivity contribution in [2.45, 2.75) is 6.61 Å². The Labute approximate surface area is 163 Å². The molecule has 0 N–H and O–H groups in total. The fourth-order valence-corrected chi connectivity index (χ4v) is 1.62.